The van der Waals surface area contributed by atoms with Gasteiger partial charge in [0.2, 0.25) is 0 Å². The van der Waals surface area contributed by atoms with Gasteiger partial charge in [-0.05, 0) is 26.0 Å². The molecule has 0 aliphatic carbocycles. The van der Waals surface area contributed by atoms with E-state index >= 15 is 0 Å². The van der Waals surface area contributed by atoms with Gasteiger partial charge < -0.3 is 14.5 Å². The van der Waals surface area contributed by atoms with Gasteiger partial charge in [-0.2, -0.15) is 9.71 Å². The summed E-state index contributed by atoms with van der Waals surface area (Å²) in [5.41, 5.74) is 1.66. The number of methoxy groups -OCH3 is 1. The number of aromatic amines is 1. The van der Waals surface area contributed by atoms with Crippen molar-refractivity contribution in [3.8, 4) is 5.75 Å². The topological polar surface area (TPSA) is 131 Å². The zero-order valence-electron chi connectivity index (χ0n) is 14.3. The van der Waals surface area contributed by atoms with Crippen LogP contribution in [-0.4, -0.2) is 26.6 Å². The summed E-state index contributed by atoms with van der Waals surface area (Å²) in [6.45, 7) is 2.97. The van der Waals surface area contributed by atoms with E-state index in [4.69, 9.17) is 4.74 Å². The van der Waals surface area contributed by atoms with Crippen molar-refractivity contribution in [3.63, 3.8) is 0 Å². The number of rotatable bonds is 5. The molecule has 0 fully saturated rings. The second kappa shape index (κ2) is 6.81. The summed E-state index contributed by atoms with van der Waals surface area (Å²) in [5.74, 6) is 0.427. The van der Waals surface area contributed by atoms with Crippen LogP contribution in [0.5, 0.6) is 5.75 Å². The Bertz CT molecular complexity index is 1000. The number of imidazole rings is 1. The van der Waals surface area contributed by atoms with E-state index in [9.17, 15) is 19.9 Å². The first-order chi connectivity index (χ1) is 12.3. The number of ether oxygens (including phenoxy) is 1. The summed E-state index contributed by atoms with van der Waals surface area (Å²) in [6, 6.07) is 5.19. The molecule has 26 heavy (non-hydrogen) atoms. The molecule has 1 unspecified atom stereocenters. The van der Waals surface area contributed by atoms with Gasteiger partial charge in [-0.1, -0.05) is 0 Å². The lowest BCUT2D eigenvalue weighted by atomic mass is 10.1. The van der Waals surface area contributed by atoms with Gasteiger partial charge in [0, 0.05) is 17.2 Å². The summed E-state index contributed by atoms with van der Waals surface area (Å²) in [6.07, 6.45) is 1.13. The van der Waals surface area contributed by atoms with Crippen molar-refractivity contribution in [2.45, 2.75) is 24.8 Å². The number of nitrogens with zero attached hydrogens (tertiary/aromatic N) is 3. The van der Waals surface area contributed by atoms with Gasteiger partial charge in [0.05, 0.1) is 28.6 Å². The second-order valence-electron chi connectivity index (χ2n) is 5.73. The van der Waals surface area contributed by atoms with Crippen LogP contribution in [0.25, 0.3) is 11.0 Å². The fraction of sp³-hybridized carbons (Fsp3) is 0.250. The van der Waals surface area contributed by atoms with Crippen LogP contribution in [0.15, 0.2) is 29.6 Å². The van der Waals surface area contributed by atoms with E-state index in [1.807, 2.05) is 0 Å². The van der Waals surface area contributed by atoms with Crippen LogP contribution in [0.1, 0.15) is 16.8 Å². The smallest absolute Gasteiger partial charge is 0.322 e. The Kier molecular flexibility index (Phi) is 4.70. The van der Waals surface area contributed by atoms with E-state index in [0.29, 0.717) is 21.5 Å². The summed E-state index contributed by atoms with van der Waals surface area (Å²) >= 11 is -1.68. The molecule has 0 radical (unpaired) electrons. The molecule has 2 aromatic heterocycles. The van der Waals surface area contributed by atoms with Crippen LogP contribution >= 0.6 is 0 Å². The number of aryl methyl sites for hydroxylation is 1. The molecule has 0 saturated heterocycles. The lowest BCUT2D eigenvalue weighted by molar-refractivity contribution is -0.614. The fourth-order valence-corrected chi connectivity index (χ4v) is 3.91. The Balaban J connectivity index is 1.96. The maximum Gasteiger partial charge on any atom is 0.322 e. The van der Waals surface area contributed by atoms with E-state index in [1.165, 1.54) is 21.0 Å². The van der Waals surface area contributed by atoms with Gasteiger partial charge in [0.25, 0.3) is 11.4 Å². The average Bonchev–Trinajstić information content (AvgIpc) is 3.00. The summed E-state index contributed by atoms with van der Waals surface area (Å²) in [7, 11) is 1.53. The number of nitrogens with one attached hydrogen (secondary N) is 1. The minimum absolute atomic E-state index is 0.0821. The lowest BCUT2D eigenvalue weighted by Gasteiger charge is -2.11. The third-order valence-electron chi connectivity index (χ3n) is 4.07. The third-order valence-corrected chi connectivity index (χ3v) is 5.23. The quantitative estimate of drug-likeness (QED) is 0.238. The predicted octanol–water partition coefficient (Wildman–Crippen LogP) is 2.04. The van der Waals surface area contributed by atoms with Crippen LogP contribution in [0.3, 0.4) is 0 Å². The van der Waals surface area contributed by atoms with Gasteiger partial charge in [-0.15, -0.1) is 0 Å². The Hall–Kier alpha value is -2.85. The van der Waals surface area contributed by atoms with Crippen LogP contribution in [0.4, 0.5) is 5.69 Å². The van der Waals surface area contributed by atoms with Gasteiger partial charge >= 0.3 is 5.16 Å². The Morgan fingerprint density at radius 3 is 2.77 bits per heavy atom. The number of benzene rings is 1. The van der Waals surface area contributed by atoms with Gasteiger partial charge in [-0.25, -0.2) is 0 Å². The Labute approximate surface area is 151 Å². The highest BCUT2D eigenvalue weighted by molar-refractivity contribution is 7.90. The number of fused-ring (bicyclic) bond motifs is 1. The Morgan fingerprint density at radius 1 is 1.38 bits per heavy atom. The molecule has 2 heterocycles. The minimum atomic E-state index is -1.68. The molecule has 0 aliphatic rings. The number of pyridine rings is 1. The van der Waals surface area contributed by atoms with E-state index in [0.717, 1.165) is 6.20 Å². The molecule has 9 nitrogen and oxygen atoms in total. The molecular weight excluding hydrogens is 360 g/mol. The zero-order valence-corrected chi connectivity index (χ0v) is 15.1. The highest BCUT2D eigenvalue weighted by Crippen LogP contribution is 2.26. The lowest BCUT2D eigenvalue weighted by Crippen LogP contribution is -2.35. The van der Waals surface area contributed by atoms with Crippen LogP contribution < -0.4 is 9.47 Å². The molecule has 1 N–H and O–H groups in total. The number of H-pyrrole nitrogens is 1. The number of hydrogen-bond acceptors (Lipinski definition) is 6. The van der Waals surface area contributed by atoms with Crippen LogP contribution in [0, 0.1) is 29.2 Å². The highest BCUT2D eigenvalue weighted by Gasteiger charge is 2.30. The molecule has 3 rings (SSSR count). The predicted molar refractivity (Wildman–Crippen MR) is 94.3 cm³/mol. The minimum Gasteiger partial charge on any atom is -0.618 e. The van der Waals surface area contributed by atoms with Crippen molar-refractivity contribution in [2.24, 2.45) is 0 Å². The third kappa shape index (κ3) is 3.16. The highest BCUT2D eigenvalue weighted by atomic mass is 32.2. The largest absolute Gasteiger partial charge is 0.618 e. The van der Waals surface area contributed by atoms with Crippen LogP contribution in [-0.2, 0) is 16.9 Å². The molecule has 10 heteroatoms. The molecule has 0 amide bonds. The second-order valence-corrected chi connectivity index (χ2v) is 7.10. The summed E-state index contributed by atoms with van der Waals surface area (Å²) in [4.78, 5) is 17.9. The van der Waals surface area contributed by atoms with Crippen molar-refractivity contribution >= 4 is 27.9 Å². The first kappa shape index (κ1) is 18.0. The summed E-state index contributed by atoms with van der Waals surface area (Å²) < 4.78 is 18.3. The zero-order chi connectivity index (χ0) is 19.0. The SMILES string of the molecule is COc1ccc2[nH]c([S+]([O-])Cc3c(C)c([N+](=O)[O-])c(C)c[n+]3[O-])nc2c1. The molecule has 0 bridgehead atoms. The average molecular weight is 376 g/mol. The maximum atomic E-state index is 12.7. The number of nitro groups is 1. The van der Waals surface area contributed by atoms with Gasteiger partial charge in [0.15, 0.2) is 11.9 Å². The molecule has 1 atom stereocenters. The first-order valence-corrected chi connectivity index (χ1v) is 8.92. The van der Waals surface area contributed by atoms with Gasteiger partial charge in [-0.3, -0.25) is 15.1 Å². The molecular formula is C16H16N4O5S. The molecule has 0 spiro atoms. The first-order valence-electron chi connectivity index (χ1n) is 7.60. The van der Waals surface area contributed by atoms with Gasteiger partial charge in [0.1, 0.15) is 11.3 Å². The normalized spacial score (nSPS) is 12.3. The van der Waals surface area contributed by atoms with E-state index < -0.39 is 16.1 Å². The molecule has 0 aliphatic heterocycles. The molecule has 0 saturated carbocycles. The molecule has 1 aromatic carbocycles. The summed E-state index contributed by atoms with van der Waals surface area (Å²) in [5, 5.41) is 23.6. The molecule has 3 aromatic rings. The van der Waals surface area contributed by atoms with Crippen molar-refractivity contribution < 1.29 is 18.9 Å². The number of hydrogen-bond donors (Lipinski definition) is 1. The molecule has 136 valence electrons. The van der Waals surface area contributed by atoms with E-state index in [2.05, 4.69) is 9.97 Å². The number of aromatic nitrogens is 3. The van der Waals surface area contributed by atoms with Crippen LogP contribution in [0.2, 0.25) is 0 Å². The van der Waals surface area contributed by atoms with E-state index in [-0.39, 0.29) is 33.4 Å². The maximum absolute atomic E-state index is 12.7. The van der Waals surface area contributed by atoms with Crippen molar-refractivity contribution in [1.29, 1.82) is 0 Å². The monoisotopic (exact) mass is 376 g/mol. The van der Waals surface area contributed by atoms with Crippen molar-refractivity contribution in [2.75, 3.05) is 7.11 Å². The standard InChI is InChI=1S/C16H16N4O5S/c1-9-7-19(21)14(10(2)15(9)20(22)23)8-26(24)16-17-12-5-4-11(25-3)6-13(12)18-16/h4-7H,8H2,1-3H3,(H,17,18). The van der Waals surface area contributed by atoms with Crippen molar-refractivity contribution in [1.82, 2.24) is 9.97 Å². The Morgan fingerprint density at radius 2 is 2.12 bits per heavy atom. The van der Waals surface area contributed by atoms with Crippen molar-refractivity contribution in [3.05, 3.63) is 56.5 Å². The van der Waals surface area contributed by atoms with E-state index in [1.54, 1.807) is 18.2 Å². The fourth-order valence-electron chi connectivity index (χ4n) is 2.75.